The van der Waals surface area contributed by atoms with Crippen molar-refractivity contribution < 1.29 is 22.7 Å². The molecule has 1 N–H and O–H groups in total. The van der Waals surface area contributed by atoms with Gasteiger partial charge in [-0.25, -0.2) is 4.98 Å². The third kappa shape index (κ3) is 3.36. The predicted octanol–water partition coefficient (Wildman–Crippen LogP) is 0.932. The van der Waals surface area contributed by atoms with Gasteiger partial charge in [-0.3, -0.25) is 4.79 Å². The first-order valence-electron chi connectivity index (χ1n) is 6.29. The Hall–Kier alpha value is -2.57. The van der Waals surface area contributed by atoms with Crippen LogP contribution in [0.25, 0.3) is 0 Å². The first-order valence-corrected chi connectivity index (χ1v) is 6.29. The number of carbonyl (C=O) groups excluding carboxylic acids is 1. The van der Waals surface area contributed by atoms with Crippen molar-refractivity contribution in [3.05, 3.63) is 11.8 Å². The van der Waals surface area contributed by atoms with E-state index in [1.807, 2.05) is 6.07 Å². The quantitative estimate of drug-likeness (QED) is 0.892. The van der Waals surface area contributed by atoms with Gasteiger partial charge in [-0.2, -0.15) is 23.4 Å². The summed E-state index contributed by atoms with van der Waals surface area (Å²) in [4.78, 5) is 19.7. The van der Waals surface area contributed by atoms with Gasteiger partial charge in [0.1, 0.15) is 11.6 Å². The van der Waals surface area contributed by atoms with Crippen molar-refractivity contribution in [2.75, 3.05) is 25.5 Å². The summed E-state index contributed by atoms with van der Waals surface area (Å²) in [5.41, 5.74) is 0.147. The van der Waals surface area contributed by atoms with Crippen molar-refractivity contribution >= 4 is 11.9 Å². The molecule has 0 radical (unpaired) electrons. The van der Waals surface area contributed by atoms with E-state index in [1.165, 1.54) is 13.3 Å². The van der Waals surface area contributed by atoms with E-state index in [1.54, 1.807) is 0 Å². The monoisotopic (exact) mass is 315 g/mol. The lowest BCUT2D eigenvalue weighted by Gasteiger charge is -2.18. The van der Waals surface area contributed by atoms with Gasteiger partial charge in [-0.05, 0) is 6.42 Å². The van der Waals surface area contributed by atoms with Crippen molar-refractivity contribution in [2.24, 2.45) is 0 Å². The molecular weight excluding hydrogens is 303 g/mol. The van der Waals surface area contributed by atoms with Gasteiger partial charge < -0.3 is 15.0 Å². The number of methoxy groups -OCH3 is 1. The Morgan fingerprint density at radius 2 is 2.32 bits per heavy atom. The van der Waals surface area contributed by atoms with Crippen LogP contribution >= 0.6 is 0 Å². The highest BCUT2D eigenvalue weighted by Gasteiger charge is 2.44. The Morgan fingerprint density at radius 3 is 2.91 bits per heavy atom. The van der Waals surface area contributed by atoms with Crippen LogP contribution in [0.15, 0.2) is 6.20 Å². The number of halogens is 3. The second kappa shape index (κ2) is 6.05. The molecule has 1 fully saturated rings. The van der Waals surface area contributed by atoms with Crippen LogP contribution in [0.5, 0.6) is 5.88 Å². The molecule has 0 bridgehead atoms. The highest BCUT2D eigenvalue weighted by molar-refractivity contribution is 5.82. The number of ether oxygens (including phenoxy) is 1. The fourth-order valence-corrected chi connectivity index (χ4v) is 2.09. The minimum Gasteiger partial charge on any atom is -0.480 e. The van der Waals surface area contributed by atoms with Crippen LogP contribution in [0.3, 0.4) is 0 Å². The smallest absolute Gasteiger partial charge is 0.471 e. The Bertz CT molecular complexity index is 614. The number of likely N-dealkylation sites (tertiary alicyclic amines) is 1. The van der Waals surface area contributed by atoms with E-state index in [-0.39, 0.29) is 30.5 Å². The van der Waals surface area contributed by atoms with Gasteiger partial charge >= 0.3 is 12.1 Å². The second-order valence-electron chi connectivity index (χ2n) is 4.61. The molecule has 10 heteroatoms. The molecule has 0 unspecified atom stereocenters. The molecule has 0 saturated carbocycles. The zero-order valence-corrected chi connectivity index (χ0v) is 11.5. The number of nitriles is 1. The molecule has 0 aliphatic carbocycles. The first kappa shape index (κ1) is 15.8. The number of carbonyl (C=O) groups is 1. The lowest BCUT2D eigenvalue weighted by Crippen LogP contribution is -2.40. The maximum Gasteiger partial charge on any atom is 0.471 e. The fourth-order valence-electron chi connectivity index (χ4n) is 2.09. The number of nitrogens with one attached hydrogen (secondary N) is 1. The van der Waals surface area contributed by atoms with Crippen LogP contribution in [0.4, 0.5) is 19.1 Å². The predicted molar refractivity (Wildman–Crippen MR) is 68.0 cm³/mol. The van der Waals surface area contributed by atoms with Gasteiger partial charge in [0.25, 0.3) is 0 Å². The Morgan fingerprint density at radius 1 is 1.59 bits per heavy atom. The van der Waals surface area contributed by atoms with E-state index in [0.717, 1.165) is 4.90 Å². The number of rotatable bonds is 3. The van der Waals surface area contributed by atoms with Crippen LogP contribution in [0.1, 0.15) is 12.0 Å². The minimum absolute atomic E-state index is 0.00340. The van der Waals surface area contributed by atoms with Gasteiger partial charge in [0.2, 0.25) is 11.8 Å². The van der Waals surface area contributed by atoms with Crippen LogP contribution in [-0.2, 0) is 4.79 Å². The number of hydrogen-bond acceptors (Lipinski definition) is 6. The van der Waals surface area contributed by atoms with Crippen molar-refractivity contribution in [1.82, 2.24) is 14.9 Å². The maximum atomic E-state index is 12.4. The van der Waals surface area contributed by atoms with Gasteiger partial charge in [-0.15, -0.1) is 0 Å². The van der Waals surface area contributed by atoms with Gasteiger partial charge in [0.15, 0.2) is 0 Å². The van der Waals surface area contributed by atoms with Crippen molar-refractivity contribution in [3.63, 3.8) is 0 Å². The Balaban J connectivity index is 2.02. The molecule has 1 saturated heterocycles. The van der Waals surface area contributed by atoms with E-state index in [0.29, 0.717) is 6.42 Å². The van der Waals surface area contributed by atoms with Gasteiger partial charge in [0.05, 0.1) is 13.3 Å². The van der Waals surface area contributed by atoms with E-state index in [2.05, 4.69) is 15.3 Å². The molecular formula is C12H12F3N5O2. The molecule has 22 heavy (non-hydrogen) atoms. The molecule has 118 valence electrons. The zero-order chi connectivity index (χ0) is 16.3. The number of anilines is 1. The number of aromatic nitrogens is 2. The largest absolute Gasteiger partial charge is 0.480 e. The standard InChI is InChI=1S/C12H12F3N5O2/c1-22-9-7(4-16)5-17-11(19-9)18-8-2-3-20(6-8)10(21)12(13,14)15/h5,8H,2-3,6H2,1H3,(H,17,18,19)/t8-/m1/s1. The van der Waals surface area contributed by atoms with E-state index >= 15 is 0 Å². The summed E-state index contributed by atoms with van der Waals surface area (Å²) in [6, 6.07) is 1.45. The molecule has 2 rings (SSSR count). The first-order chi connectivity index (χ1) is 10.3. The molecule has 7 nitrogen and oxygen atoms in total. The van der Waals surface area contributed by atoms with Crippen LogP contribution in [0.2, 0.25) is 0 Å². The summed E-state index contributed by atoms with van der Waals surface area (Å²) in [5.74, 6) is -1.65. The molecule has 2 heterocycles. The number of nitrogens with zero attached hydrogens (tertiary/aromatic N) is 4. The van der Waals surface area contributed by atoms with Gasteiger partial charge in [-0.1, -0.05) is 0 Å². The summed E-state index contributed by atoms with van der Waals surface area (Å²) >= 11 is 0. The highest BCUT2D eigenvalue weighted by Crippen LogP contribution is 2.23. The third-order valence-corrected chi connectivity index (χ3v) is 3.12. The highest BCUT2D eigenvalue weighted by atomic mass is 19.4. The zero-order valence-electron chi connectivity index (χ0n) is 11.5. The molecule has 1 amide bonds. The van der Waals surface area contributed by atoms with E-state index in [9.17, 15) is 18.0 Å². The molecule has 1 aliphatic heterocycles. The molecule has 1 aliphatic rings. The van der Waals surface area contributed by atoms with Crippen LogP contribution in [-0.4, -0.2) is 53.2 Å². The minimum atomic E-state index is -4.87. The Labute approximate surface area is 123 Å². The summed E-state index contributed by atoms with van der Waals surface area (Å²) in [6.07, 6.45) is -3.28. The number of amides is 1. The van der Waals surface area contributed by atoms with E-state index in [4.69, 9.17) is 10.00 Å². The molecule has 1 aromatic rings. The molecule has 0 spiro atoms. The summed E-state index contributed by atoms with van der Waals surface area (Å²) in [6.45, 7) is -0.0898. The van der Waals surface area contributed by atoms with Crippen molar-refractivity contribution in [1.29, 1.82) is 5.26 Å². The average molecular weight is 315 g/mol. The number of hydrogen-bond donors (Lipinski definition) is 1. The molecule has 0 aromatic carbocycles. The topological polar surface area (TPSA) is 91.1 Å². The van der Waals surface area contributed by atoms with Crippen molar-refractivity contribution in [3.8, 4) is 11.9 Å². The van der Waals surface area contributed by atoms with E-state index < -0.39 is 18.1 Å². The molecule has 1 atom stereocenters. The normalized spacial score (nSPS) is 18.0. The average Bonchev–Trinajstić information content (AvgIpc) is 2.93. The summed E-state index contributed by atoms with van der Waals surface area (Å²) in [5, 5.41) is 11.6. The summed E-state index contributed by atoms with van der Waals surface area (Å²) in [7, 11) is 1.34. The van der Waals surface area contributed by atoms with Crippen molar-refractivity contribution in [2.45, 2.75) is 18.6 Å². The third-order valence-electron chi connectivity index (χ3n) is 3.12. The van der Waals surface area contributed by atoms with Gasteiger partial charge in [0, 0.05) is 19.1 Å². The van der Waals surface area contributed by atoms with Crippen LogP contribution < -0.4 is 10.1 Å². The second-order valence-corrected chi connectivity index (χ2v) is 4.61. The van der Waals surface area contributed by atoms with Crippen LogP contribution in [0, 0.1) is 11.3 Å². The lowest BCUT2D eigenvalue weighted by molar-refractivity contribution is -0.184. The SMILES string of the molecule is COc1nc(N[C@@H]2CCN(C(=O)C(F)(F)F)C2)ncc1C#N. The lowest BCUT2D eigenvalue weighted by atomic mass is 10.3. The number of alkyl halides is 3. The summed E-state index contributed by atoms with van der Waals surface area (Å²) < 4.78 is 42.0. The maximum absolute atomic E-state index is 12.4. The molecule has 1 aromatic heterocycles. The Kier molecular flexibility index (Phi) is 4.35. The fraction of sp³-hybridized carbons (Fsp3) is 0.500.